The standard InChI is InChI=1S/C24H29BrFN3O3S/c25-19-10-12-21(13-11-19)33(31,32)29(20-6-2-1-3-7-20)18-24(30)28-16-14-27(15-17-28)23-9-5-4-8-22(23)26/h4-5,8-13,20H,1-3,6-7,14-18H2. The van der Waals surface area contributed by atoms with Gasteiger partial charge in [-0.1, -0.05) is 47.3 Å². The lowest BCUT2D eigenvalue weighted by Gasteiger charge is -2.38. The average molecular weight is 538 g/mol. The molecule has 4 rings (SSSR count). The molecule has 0 bridgehead atoms. The normalized spacial score (nSPS) is 18.0. The van der Waals surface area contributed by atoms with Crippen LogP contribution in [0.2, 0.25) is 0 Å². The van der Waals surface area contributed by atoms with E-state index in [0.717, 1.165) is 36.6 Å². The van der Waals surface area contributed by atoms with Gasteiger partial charge in [-0.2, -0.15) is 4.31 Å². The Morgan fingerprint density at radius 3 is 2.24 bits per heavy atom. The van der Waals surface area contributed by atoms with E-state index < -0.39 is 10.0 Å². The van der Waals surface area contributed by atoms with E-state index in [1.165, 1.54) is 10.4 Å². The van der Waals surface area contributed by atoms with Gasteiger partial charge in [0.25, 0.3) is 0 Å². The lowest BCUT2D eigenvalue weighted by Crippen LogP contribution is -2.53. The molecule has 2 fully saturated rings. The zero-order valence-corrected chi connectivity index (χ0v) is 20.9. The summed E-state index contributed by atoms with van der Waals surface area (Å²) in [4.78, 5) is 17.0. The molecule has 1 heterocycles. The van der Waals surface area contributed by atoms with Crippen molar-refractivity contribution in [3.05, 3.63) is 58.8 Å². The first-order chi connectivity index (χ1) is 15.9. The third-order valence-corrected chi connectivity index (χ3v) is 8.96. The summed E-state index contributed by atoms with van der Waals surface area (Å²) in [5, 5.41) is 0. The molecule has 178 valence electrons. The number of anilines is 1. The number of hydrogen-bond acceptors (Lipinski definition) is 4. The molecule has 0 unspecified atom stereocenters. The van der Waals surface area contributed by atoms with Gasteiger partial charge in [0.05, 0.1) is 17.1 Å². The van der Waals surface area contributed by atoms with Gasteiger partial charge in [0, 0.05) is 36.7 Å². The molecule has 0 radical (unpaired) electrons. The molecule has 1 saturated heterocycles. The fraction of sp³-hybridized carbons (Fsp3) is 0.458. The van der Waals surface area contributed by atoms with Crippen molar-refractivity contribution < 1.29 is 17.6 Å². The third kappa shape index (κ3) is 5.58. The summed E-state index contributed by atoms with van der Waals surface area (Å²) < 4.78 is 43.4. The van der Waals surface area contributed by atoms with Crippen molar-refractivity contribution in [1.82, 2.24) is 9.21 Å². The second-order valence-electron chi connectivity index (χ2n) is 8.62. The number of para-hydroxylation sites is 1. The van der Waals surface area contributed by atoms with Crippen LogP contribution >= 0.6 is 15.9 Å². The van der Waals surface area contributed by atoms with E-state index in [9.17, 15) is 17.6 Å². The highest BCUT2D eigenvalue weighted by molar-refractivity contribution is 9.10. The fourth-order valence-corrected chi connectivity index (χ4v) is 6.56. The van der Waals surface area contributed by atoms with Crippen LogP contribution in [0.5, 0.6) is 0 Å². The van der Waals surface area contributed by atoms with Crippen LogP contribution in [0.15, 0.2) is 57.9 Å². The van der Waals surface area contributed by atoms with Gasteiger partial charge in [-0.3, -0.25) is 4.79 Å². The highest BCUT2D eigenvalue weighted by atomic mass is 79.9. The van der Waals surface area contributed by atoms with Crippen LogP contribution in [-0.2, 0) is 14.8 Å². The van der Waals surface area contributed by atoms with Gasteiger partial charge in [-0.15, -0.1) is 0 Å². The Labute approximate surface area is 203 Å². The molecule has 0 spiro atoms. The summed E-state index contributed by atoms with van der Waals surface area (Å²) in [7, 11) is -3.81. The van der Waals surface area contributed by atoms with Crippen LogP contribution in [0.4, 0.5) is 10.1 Å². The lowest BCUT2D eigenvalue weighted by atomic mass is 9.95. The van der Waals surface area contributed by atoms with Gasteiger partial charge in [0.2, 0.25) is 15.9 Å². The summed E-state index contributed by atoms with van der Waals surface area (Å²) in [6.45, 7) is 1.72. The average Bonchev–Trinajstić information content (AvgIpc) is 2.83. The monoisotopic (exact) mass is 537 g/mol. The number of amides is 1. The molecule has 33 heavy (non-hydrogen) atoms. The molecule has 0 atom stereocenters. The van der Waals surface area contributed by atoms with Crippen molar-refractivity contribution in [3.63, 3.8) is 0 Å². The van der Waals surface area contributed by atoms with Gasteiger partial charge >= 0.3 is 0 Å². The second-order valence-corrected chi connectivity index (χ2v) is 11.4. The van der Waals surface area contributed by atoms with Crippen LogP contribution in [0, 0.1) is 5.82 Å². The van der Waals surface area contributed by atoms with Crippen LogP contribution in [0.25, 0.3) is 0 Å². The van der Waals surface area contributed by atoms with Crippen molar-refractivity contribution >= 4 is 37.5 Å². The van der Waals surface area contributed by atoms with Gasteiger partial charge in [-0.25, -0.2) is 12.8 Å². The predicted molar refractivity (Wildman–Crippen MR) is 130 cm³/mol. The minimum atomic E-state index is -3.81. The Morgan fingerprint density at radius 2 is 1.61 bits per heavy atom. The number of sulfonamides is 1. The van der Waals surface area contributed by atoms with Crippen molar-refractivity contribution in [2.75, 3.05) is 37.6 Å². The topological polar surface area (TPSA) is 60.9 Å². The molecule has 1 aliphatic heterocycles. The SMILES string of the molecule is O=C(CN(C1CCCCC1)S(=O)(=O)c1ccc(Br)cc1)N1CCN(c2ccccc2F)CC1. The van der Waals surface area contributed by atoms with E-state index in [-0.39, 0.29) is 29.2 Å². The number of halogens is 2. The van der Waals surface area contributed by atoms with Crippen molar-refractivity contribution in [2.24, 2.45) is 0 Å². The Kier molecular flexibility index (Phi) is 7.71. The highest BCUT2D eigenvalue weighted by Gasteiger charge is 2.35. The van der Waals surface area contributed by atoms with E-state index in [1.807, 2.05) is 4.90 Å². The Hall–Kier alpha value is -1.97. The summed E-state index contributed by atoms with van der Waals surface area (Å²) in [5.41, 5.74) is 0.534. The molecular formula is C24H29BrFN3O3S. The summed E-state index contributed by atoms with van der Waals surface area (Å²) in [5.74, 6) is -0.476. The van der Waals surface area contributed by atoms with Gasteiger partial charge in [-0.05, 0) is 49.2 Å². The minimum absolute atomic E-state index is 0.164. The summed E-state index contributed by atoms with van der Waals surface area (Å²) in [6.07, 6.45) is 4.56. The Morgan fingerprint density at radius 1 is 0.970 bits per heavy atom. The number of hydrogen-bond donors (Lipinski definition) is 0. The largest absolute Gasteiger partial charge is 0.366 e. The van der Waals surface area contributed by atoms with E-state index in [4.69, 9.17) is 0 Å². The molecule has 1 aliphatic carbocycles. The quantitative estimate of drug-likeness (QED) is 0.552. The number of carbonyl (C=O) groups is 1. The molecule has 6 nitrogen and oxygen atoms in total. The molecule has 9 heteroatoms. The van der Waals surface area contributed by atoms with Crippen LogP contribution in [0.3, 0.4) is 0 Å². The molecule has 2 aromatic carbocycles. The molecule has 0 aromatic heterocycles. The van der Waals surface area contributed by atoms with Crippen molar-refractivity contribution in [2.45, 2.75) is 43.0 Å². The zero-order chi connectivity index (χ0) is 23.4. The summed E-state index contributed by atoms with van der Waals surface area (Å²) in [6, 6.07) is 13.0. The first-order valence-electron chi connectivity index (χ1n) is 11.4. The maximum Gasteiger partial charge on any atom is 0.243 e. The number of piperazine rings is 1. The smallest absolute Gasteiger partial charge is 0.243 e. The Balaban J connectivity index is 1.48. The highest BCUT2D eigenvalue weighted by Crippen LogP contribution is 2.29. The van der Waals surface area contributed by atoms with Gasteiger partial charge in [0.15, 0.2) is 0 Å². The van der Waals surface area contributed by atoms with E-state index in [1.54, 1.807) is 47.4 Å². The van der Waals surface area contributed by atoms with E-state index >= 15 is 0 Å². The minimum Gasteiger partial charge on any atom is -0.366 e. The second kappa shape index (κ2) is 10.5. The summed E-state index contributed by atoms with van der Waals surface area (Å²) >= 11 is 3.35. The lowest BCUT2D eigenvalue weighted by molar-refractivity contribution is -0.132. The fourth-order valence-electron chi connectivity index (χ4n) is 4.66. The van der Waals surface area contributed by atoms with Crippen LogP contribution < -0.4 is 4.90 Å². The number of rotatable bonds is 6. The maximum atomic E-state index is 14.1. The predicted octanol–water partition coefficient (Wildman–Crippen LogP) is 4.26. The van der Waals surface area contributed by atoms with Gasteiger partial charge in [0.1, 0.15) is 5.82 Å². The third-order valence-electron chi connectivity index (χ3n) is 6.52. The zero-order valence-electron chi connectivity index (χ0n) is 18.5. The molecule has 1 amide bonds. The van der Waals surface area contributed by atoms with E-state index in [0.29, 0.717) is 31.9 Å². The molecule has 2 aliphatic rings. The maximum absolute atomic E-state index is 14.1. The number of benzene rings is 2. The van der Waals surface area contributed by atoms with Crippen molar-refractivity contribution in [3.8, 4) is 0 Å². The van der Waals surface area contributed by atoms with Crippen molar-refractivity contribution in [1.29, 1.82) is 0 Å². The molecule has 0 N–H and O–H groups in total. The molecule has 2 aromatic rings. The first-order valence-corrected chi connectivity index (χ1v) is 13.6. The first kappa shape index (κ1) is 24.2. The van der Waals surface area contributed by atoms with Crippen LogP contribution in [-0.4, -0.2) is 62.3 Å². The number of nitrogens with zero attached hydrogens (tertiary/aromatic N) is 3. The number of carbonyl (C=O) groups excluding carboxylic acids is 1. The molecular weight excluding hydrogens is 509 g/mol. The van der Waals surface area contributed by atoms with E-state index in [2.05, 4.69) is 15.9 Å². The van der Waals surface area contributed by atoms with Gasteiger partial charge < -0.3 is 9.80 Å². The van der Waals surface area contributed by atoms with Crippen LogP contribution in [0.1, 0.15) is 32.1 Å². The Bertz CT molecular complexity index is 1070. The molecule has 1 saturated carbocycles.